The predicted octanol–water partition coefficient (Wildman–Crippen LogP) is 3.82. The van der Waals surface area contributed by atoms with E-state index in [0.717, 1.165) is 24.5 Å². The van der Waals surface area contributed by atoms with Crippen molar-refractivity contribution in [1.82, 2.24) is 10.3 Å². The first-order valence-corrected chi connectivity index (χ1v) is 8.13. The Morgan fingerprint density at radius 1 is 1.43 bits per heavy atom. The molecule has 0 aliphatic heterocycles. The number of ether oxygens (including phenoxy) is 1. The van der Waals surface area contributed by atoms with Crippen molar-refractivity contribution in [2.45, 2.75) is 31.5 Å². The summed E-state index contributed by atoms with van der Waals surface area (Å²) in [7, 11) is 1.71. The molecule has 0 spiro atoms. The molecule has 4 nitrogen and oxygen atoms in total. The highest BCUT2D eigenvalue weighted by Crippen LogP contribution is 2.30. The molecule has 5 heteroatoms. The lowest BCUT2D eigenvalue weighted by molar-refractivity contribution is 0.402. The van der Waals surface area contributed by atoms with Gasteiger partial charge in [0, 0.05) is 17.4 Å². The lowest BCUT2D eigenvalue weighted by Crippen LogP contribution is -2.24. The summed E-state index contributed by atoms with van der Waals surface area (Å²) in [5, 5.41) is 4.28. The first-order valence-electron chi connectivity index (χ1n) is 7.14. The van der Waals surface area contributed by atoms with Gasteiger partial charge in [-0.05, 0) is 26.0 Å². The molecule has 114 valence electrons. The van der Waals surface area contributed by atoms with E-state index < -0.39 is 0 Å². The summed E-state index contributed by atoms with van der Waals surface area (Å²) in [4.78, 5) is 4.16. The number of thioether (sulfide) groups is 1. The molecule has 2 rings (SSSR count). The summed E-state index contributed by atoms with van der Waals surface area (Å²) < 4.78 is 10.8. The van der Waals surface area contributed by atoms with Gasteiger partial charge in [-0.15, -0.1) is 0 Å². The van der Waals surface area contributed by atoms with E-state index in [2.05, 4.69) is 36.3 Å². The van der Waals surface area contributed by atoms with Crippen molar-refractivity contribution >= 4 is 11.8 Å². The Bertz CT molecular complexity index is 543. The predicted molar refractivity (Wildman–Crippen MR) is 86.0 cm³/mol. The fourth-order valence-corrected chi connectivity index (χ4v) is 3.01. The van der Waals surface area contributed by atoms with E-state index in [1.807, 2.05) is 6.07 Å². The fourth-order valence-electron chi connectivity index (χ4n) is 2.14. The second-order valence-corrected chi connectivity index (χ2v) is 5.83. The standard InChI is InChI=1S/C16H22N2O2S/c1-4-7-17-14(11-21-16-18-8-9-20-16)13-10-12(2)5-6-15(13)19-3/h5-6,8-10,14,17H,4,7,11H2,1-3H3. The van der Waals surface area contributed by atoms with E-state index in [1.54, 1.807) is 31.3 Å². The van der Waals surface area contributed by atoms with E-state index in [9.17, 15) is 0 Å². The van der Waals surface area contributed by atoms with Gasteiger partial charge in [0.1, 0.15) is 12.0 Å². The van der Waals surface area contributed by atoms with Gasteiger partial charge < -0.3 is 14.5 Å². The highest BCUT2D eigenvalue weighted by molar-refractivity contribution is 7.99. The minimum atomic E-state index is 0.205. The molecule has 0 bridgehead atoms. The van der Waals surface area contributed by atoms with Gasteiger partial charge in [-0.2, -0.15) is 0 Å². The molecule has 1 N–H and O–H groups in total. The van der Waals surface area contributed by atoms with E-state index >= 15 is 0 Å². The van der Waals surface area contributed by atoms with Crippen LogP contribution in [0, 0.1) is 6.92 Å². The van der Waals surface area contributed by atoms with Crippen LogP contribution in [0.15, 0.2) is 40.3 Å². The second kappa shape index (κ2) is 8.10. The van der Waals surface area contributed by atoms with Gasteiger partial charge in [0.05, 0.1) is 13.3 Å². The van der Waals surface area contributed by atoms with E-state index in [1.165, 1.54) is 11.1 Å². The second-order valence-electron chi connectivity index (χ2n) is 4.86. The Hall–Kier alpha value is -1.46. The first-order chi connectivity index (χ1) is 10.2. The monoisotopic (exact) mass is 306 g/mol. The highest BCUT2D eigenvalue weighted by atomic mass is 32.2. The van der Waals surface area contributed by atoms with Gasteiger partial charge in [0.2, 0.25) is 0 Å². The highest BCUT2D eigenvalue weighted by Gasteiger charge is 2.17. The van der Waals surface area contributed by atoms with Gasteiger partial charge in [-0.1, -0.05) is 36.4 Å². The topological polar surface area (TPSA) is 47.3 Å². The molecule has 1 aromatic heterocycles. The number of aromatic nitrogens is 1. The van der Waals surface area contributed by atoms with Crippen LogP contribution < -0.4 is 10.1 Å². The summed E-state index contributed by atoms with van der Waals surface area (Å²) >= 11 is 1.61. The van der Waals surface area contributed by atoms with Crippen LogP contribution in [-0.4, -0.2) is 24.4 Å². The first kappa shape index (κ1) is 15.9. The van der Waals surface area contributed by atoms with Crippen molar-refractivity contribution in [3.8, 4) is 5.75 Å². The zero-order valence-corrected chi connectivity index (χ0v) is 13.6. The normalized spacial score (nSPS) is 12.3. The largest absolute Gasteiger partial charge is 0.496 e. The molecule has 0 radical (unpaired) electrons. The van der Waals surface area contributed by atoms with E-state index in [4.69, 9.17) is 9.15 Å². The molecule has 0 saturated carbocycles. The molecular formula is C16H22N2O2S. The molecule has 0 saturated heterocycles. The van der Waals surface area contributed by atoms with Crippen molar-refractivity contribution in [3.63, 3.8) is 0 Å². The number of rotatable bonds is 8. The summed E-state index contributed by atoms with van der Waals surface area (Å²) in [5.74, 6) is 1.77. The van der Waals surface area contributed by atoms with Crippen LogP contribution in [0.25, 0.3) is 0 Å². The molecule has 1 atom stereocenters. The average Bonchev–Trinajstić information content (AvgIpc) is 3.01. The van der Waals surface area contributed by atoms with Crippen LogP contribution in [0.2, 0.25) is 0 Å². The summed E-state index contributed by atoms with van der Waals surface area (Å²) in [5.41, 5.74) is 2.42. The third kappa shape index (κ3) is 4.51. The number of nitrogens with zero attached hydrogens (tertiary/aromatic N) is 1. The zero-order valence-electron chi connectivity index (χ0n) is 12.8. The molecule has 0 amide bonds. The number of methoxy groups -OCH3 is 1. The molecule has 1 heterocycles. The number of hydrogen-bond donors (Lipinski definition) is 1. The Labute approximate surface area is 130 Å². The van der Waals surface area contributed by atoms with Crippen molar-refractivity contribution in [3.05, 3.63) is 41.8 Å². The average molecular weight is 306 g/mol. The van der Waals surface area contributed by atoms with Gasteiger partial charge in [0.25, 0.3) is 5.22 Å². The Morgan fingerprint density at radius 3 is 2.95 bits per heavy atom. The number of nitrogens with one attached hydrogen (secondary N) is 1. The minimum absolute atomic E-state index is 0.205. The molecule has 0 aliphatic rings. The number of oxazole rings is 1. The smallest absolute Gasteiger partial charge is 0.255 e. The van der Waals surface area contributed by atoms with Crippen molar-refractivity contribution in [2.75, 3.05) is 19.4 Å². The quantitative estimate of drug-likeness (QED) is 0.751. The van der Waals surface area contributed by atoms with Crippen LogP contribution in [0.1, 0.15) is 30.5 Å². The van der Waals surface area contributed by atoms with Gasteiger partial charge >= 0.3 is 0 Å². The minimum Gasteiger partial charge on any atom is -0.496 e. The maximum Gasteiger partial charge on any atom is 0.255 e. The maximum atomic E-state index is 5.51. The van der Waals surface area contributed by atoms with Crippen LogP contribution in [-0.2, 0) is 0 Å². The third-order valence-electron chi connectivity index (χ3n) is 3.18. The van der Waals surface area contributed by atoms with Gasteiger partial charge in [0.15, 0.2) is 0 Å². The lowest BCUT2D eigenvalue weighted by atomic mass is 10.0. The summed E-state index contributed by atoms with van der Waals surface area (Å²) in [6.45, 7) is 5.23. The maximum absolute atomic E-state index is 5.51. The third-order valence-corrected chi connectivity index (χ3v) is 4.13. The van der Waals surface area contributed by atoms with Gasteiger partial charge in [-0.25, -0.2) is 4.98 Å². The van der Waals surface area contributed by atoms with Crippen LogP contribution in [0.5, 0.6) is 5.75 Å². The Morgan fingerprint density at radius 2 is 2.29 bits per heavy atom. The van der Waals surface area contributed by atoms with Crippen LogP contribution >= 0.6 is 11.8 Å². The fraction of sp³-hybridized carbons (Fsp3) is 0.438. The van der Waals surface area contributed by atoms with Gasteiger partial charge in [-0.3, -0.25) is 0 Å². The summed E-state index contributed by atoms with van der Waals surface area (Å²) in [6, 6.07) is 6.49. The lowest BCUT2D eigenvalue weighted by Gasteiger charge is -2.21. The summed E-state index contributed by atoms with van der Waals surface area (Å²) in [6.07, 6.45) is 4.36. The number of benzene rings is 1. The molecule has 2 aromatic rings. The molecular weight excluding hydrogens is 284 g/mol. The molecule has 0 aliphatic carbocycles. The number of aryl methyl sites for hydroxylation is 1. The van der Waals surface area contributed by atoms with Crippen molar-refractivity contribution in [1.29, 1.82) is 0 Å². The molecule has 0 fully saturated rings. The van der Waals surface area contributed by atoms with Crippen LogP contribution in [0.3, 0.4) is 0 Å². The van der Waals surface area contributed by atoms with E-state index in [0.29, 0.717) is 5.22 Å². The molecule has 1 aromatic carbocycles. The van der Waals surface area contributed by atoms with E-state index in [-0.39, 0.29) is 6.04 Å². The van der Waals surface area contributed by atoms with Crippen LogP contribution in [0.4, 0.5) is 0 Å². The number of hydrogen-bond acceptors (Lipinski definition) is 5. The molecule has 21 heavy (non-hydrogen) atoms. The van der Waals surface area contributed by atoms with Crippen molar-refractivity contribution < 1.29 is 9.15 Å². The SMILES string of the molecule is CCCNC(CSc1ncco1)c1cc(C)ccc1OC. The molecule has 1 unspecified atom stereocenters. The Kier molecular flexibility index (Phi) is 6.14. The van der Waals surface area contributed by atoms with Crippen molar-refractivity contribution in [2.24, 2.45) is 0 Å². The Balaban J connectivity index is 2.16. The zero-order chi connectivity index (χ0) is 15.1.